The van der Waals surface area contributed by atoms with Crippen molar-refractivity contribution < 1.29 is 12.8 Å². The first-order valence-electron chi connectivity index (χ1n) is 7.11. The fourth-order valence-electron chi connectivity index (χ4n) is 1.41. The lowest BCUT2D eigenvalue weighted by molar-refractivity contribution is 0.293. The summed E-state index contributed by atoms with van der Waals surface area (Å²) in [5, 5.41) is 0.165. The first-order valence-corrected chi connectivity index (χ1v) is 11.9. The molecule has 0 aromatic carbocycles. The van der Waals surface area contributed by atoms with Gasteiger partial charge in [0.15, 0.2) is 8.32 Å². The van der Waals surface area contributed by atoms with Crippen LogP contribution in [0.1, 0.15) is 20.8 Å². The molecule has 2 rings (SSSR count). The van der Waals surface area contributed by atoms with Crippen molar-refractivity contribution in [3.63, 3.8) is 0 Å². The maximum Gasteiger partial charge on any atom is 0.208 e. The summed E-state index contributed by atoms with van der Waals surface area (Å²) in [7, 11) is -4.83. The second-order valence-corrected chi connectivity index (χ2v) is 13.5. The van der Waals surface area contributed by atoms with E-state index >= 15 is 0 Å². The molecule has 0 spiro atoms. The van der Waals surface area contributed by atoms with Crippen molar-refractivity contribution in [3.05, 3.63) is 24.3 Å². The Morgan fingerprint density at radius 3 is 1.76 bits per heavy atom. The van der Waals surface area contributed by atoms with E-state index in [1.807, 2.05) is 0 Å². The lowest BCUT2D eigenvalue weighted by Gasteiger charge is -2.36. The molecular weight excluding hydrogens is 302 g/mol. The average molecular weight is 330 g/mol. The van der Waals surface area contributed by atoms with Gasteiger partial charge in [-0.1, -0.05) is 45.0 Å². The van der Waals surface area contributed by atoms with Crippen molar-refractivity contribution in [3.8, 4) is 11.1 Å². The highest BCUT2D eigenvalue weighted by atomic mass is 32.2. The Morgan fingerprint density at radius 2 is 1.52 bits per heavy atom. The topological polar surface area (TPSA) is 55.4 Å². The van der Waals surface area contributed by atoms with Crippen LogP contribution in [0.3, 0.4) is 0 Å². The van der Waals surface area contributed by atoms with Crippen LogP contribution < -0.4 is 4.72 Å². The van der Waals surface area contributed by atoms with E-state index in [0.29, 0.717) is 13.2 Å². The van der Waals surface area contributed by atoms with Gasteiger partial charge in [0, 0.05) is 13.2 Å². The maximum absolute atomic E-state index is 10.8. The molecule has 0 saturated heterocycles. The number of rotatable bonds is 5. The molecular formula is C15H27NO3SSi. The van der Waals surface area contributed by atoms with Crippen LogP contribution in [0.15, 0.2) is 24.3 Å². The number of sulfonamides is 1. The minimum absolute atomic E-state index is 0.165. The molecule has 2 aliphatic rings. The summed E-state index contributed by atoms with van der Waals surface area (Å²) in [6, 6.07) is 8.48. The monoisotopic (exact) mass is 329 g/mol. The SMILES string of the molecule is CC(C)(C)[Si](C)(C)OCCNS(C)(=O)=O.c1cc2ccc1-2. The molecule has 4 nitrogen and oxygen atoms in total. The molecule has 6 heteroatoms. The van der Waals surface area contributed by atoms with E-state index in [9.17, 15) is 8.42 Å². The lowest BCUT2D eigenvalue weighted by Crippen LogP contribution is -2.42. The number of nitrogens with one attached hydrogen (secondary N) is 1. The van der Waals surface area contributed by atoms with E-state index in [0.717, 1.165) is 6.26 Å². The van der Waals surface area contributed by atoms with E-state index in [1.54, 1.807) is 0 Å². The highest BCUT2D eigenvalue weighted by Gasteiger charge is 2.36. The molecule has 0 aromatic rings. The third-order valence-corrected chi connectivity index (χ3v) is 9.22. The predicted molar refractivity (Wildman–Crippen MR) is 91.4 cm³/mol. The molecule has 0 fully saturated rings. The van der Waals surface area contributed by atoms with E-state index in [1.165, 1.54) is 11.1 Å². The van der Waals surface area contributed by atoms with Crippen LogP contribution in [0.5, 0.6) is 0 Å². The van der Waals surface area contributed by atoms with Gasteiger partial charge in [0.25, 0.3) is 0 Å². The Labute approximate surface area is 130 Å². The third-order valence-electron chi connectivity index (χ3n) is 3.95. The summed E-state index contributed by atoms with van der Waals surface area (Å²) in [6.45, 7) is 11.6. The molecule has 0 saturated carbocycles. The fraction of sp³-hybridized carbons (Fsp3) is 0.600. The van der Waals surface area contributed by atoms with Crippen molar-refractivity contribution in [1.82, 2.24) is 4.72 Å². The van der Waals surface area contributed by atoms with Crippen LogP contribution in [-0.2, 0) is 14.4 Å². The molecule has 120 valence electrons. The van der Waals surface area contributed by atoms with Crippen LogP contribution in [0.2, 0.25) is 18.1 Å². The molecule has 0 bridgehead atoms. The second-order valence-electron chi connectivity index (χ2n) is 6.85. The molecule has 0 amide bonds. The standard InChI is InChI=1S/C9H23NO3SSi.C6H4/c1-9(2,3)15(5,6)13-8-7-10-14(4,11)12;1-2-6-4-3-5(1)6/h10H,7-8H2,1-6H3;1-4H. The quantitative estimate of drug-likeness (QED) is 0.677. The van der Waals surface area contributed by atoms with Crippen molar-refractivity contribution in [2.45, 2.75) is 38.9 Å². The fourth-order valence-corrected chi connectivity index (χ4v) is 2.91. The summed E-state index contributed by atoms with van der Waals surface area (Å²) < 4.78 is 29.8. The number of hydrogen-bond donors (Lipinski definition) is 1. The Balaban J connectivity index is 0.000000294. The zero-order valence-electron chi connectivity index (χ0n) is 13.9. The van der Waals surface area contributed by atoms with Crippen molar-refractivity contribution in [1.29, 1.82) is 0 Å². The summed E-state index contributed by atoms with van der Waals surface area (Å²) in [6.07, 6.45) is 1.15. The smallest absolute Gasteiger partial charge is 0.208 e. The van der Waals surface area contributed by atoms with Gasteiger partial charge in [-0.15, -0.1) is 0 Å². The number of benzene rings is 1. The molecule has 0 unspecified atom stereocenters. The molecule has 0 atom stereocenters. The number of fused-ring (bicyclic) bond motifs is 1. The Morgan fingerprint density at radius 1 is 1.10 bits per heavy atom. The molecule has 1 N–H and O–H groups in total. The summed E-state index contributed by atoms with van der Waals surface area (Å²) in [5.74, 6) is 0. The van der Waals surface area contributed by atoms with Crippen molar-refractivity contribution in [2.75, 3.05) is 19.4 Å². The summed E-state index contributed by atoms with van der Waals surface area (Å²) in [5.41, 5.74) is 2.85. The first kappa shape index (κ1) is 18.4. The Hall–Kier alpha value is -0.693. The molecule has 0 radical (unpaired) electrons. The van der Waals surface area contributed by atoms with E-state index in [-0.39, 0.29) is 5.04 Å². The molecule has 0 aliphatic heterocycles. The molecule has 21 heavy (non-hydrogen) atoms. The van der Waals surface area contributed by atoms with Gasteiger partial charge in [0.05, 0.1) is 6.26 Å². The van der Waals surface area contributed by atoms with Crippen LogP contribution in [-0.4, -0.2) is 36.1 Å². The van der Waals surface area contributed by atoms with Gasteiger partial charge in [-0.25, -0.2) is 13.1 Å². The maximum atomic E-state index is 10.8. The normalized spacial score (nSPS) is 13.4. The van der Waals surface area contributed by atoms with Crippen LogP contribution in [0, 0.1) is 0 Å². The molecule has 0 aromatic heterocycles. The van der Waals surface area contributed by atoms with Crippen molar-refractivity contribution >= 4 is 18.3 Å². The van der Waals surface area contributed by atoms with Gasteiger partial charge >= 0.3 is 0 Å². The second kappa shape index (κ2) is 6.60. The van der Waals surface area contributed by atoms with E-state index in [4.69, 9.17) is 4.43 Å². The van der Waals surface area contributed by atoms with Crippen molar-refractivity contribution in [2.24, 2.45) is 0 Å². The lowest BCUT2D eigenvalue weighted by atomic mass is 9.95. The average Bonchev–Trinajstić information content (AvgIpc) is 2.27. The number of hydrogen-bond acceptors (Lipinski definition) is 3. The predicted octanol–water partition coefficient (Wildman–Crippen LogP) is 3.22. The van der Waals surface area contributed by atoms with Gasteiger partial charge in [0.1, 0.15) is 0 Å². The first-order chi connectivity index (χ1) is 9.42. The van der Waals surface area contributed by atoms with Gasteiger partial charge < -0.3 is 4.43 Å². The highest BCUT2D eigenvalue weighted by molar-refractivity contribution is 7.88. The minimum atomic E-state index is -3.09. The van der Waals surface area contributed by atoms with Gasteiger partial charge in [-0.05, 0) is 29.3 Å². The zero-order chi connectivity index (χ0) is 16.3. The minimum Gasteiger partial charge on any atom is -0.415 e. The summed E-state index contributed by atoms with van der Waals surface area (Å²) >= 11 is 0. The zero-order valence-corrected chi connectivity index (χ0v) is 15.7. The van der Waals surface area contributed by atoms with Crippen LogP contribution >= 0.6 is 0 Å². The Kier molecular flexibility index (Phi) is 5.77. The van der Waals surface area contributed by atoms with Gasteiger partial charge in [-0.2, -0.15) is 0 Å². The molecule has 2 aliphatic carbocycles. The third kappa shape index (κ3) is 5.90. The van der Waals surface area contributed by atoms with Crippen LogP contribution in [0.25, 0.3) is 11.1 Å². The molecule has 0 heterocycles. The van der Waals surface area contributed by atoms with Gasteiger partial charge in [0.2, 0.25) is 10.0 Å². The van der Waals surface area contributed by atoms with E-state index in [2.05, 4.69) is 62.9 Å². The van der Waals surface area contributed by atoms with Gasteiger partial charge in [-0.3, -0.25) is 0 Å². The van der Waals surface area contributed by atoms with E-state index < -0.39 is 18.3 Å². The summed E-state index contributed by atoms with van der Waals surface area (Å²) in [4.78, 5) is 0. The largest absolute Gasteiger partial charge is 0.415 e. The highest BCUT2D eigenvalue weighted by Crippen LogP contribution is 2.36. The van der Waals surface area contributed by atoms with Crippen LogP contribution in [0.4, 0.5) is 0 Å². The Bertz CT molecular complexity index is 539.